The first-order valence-corrected chi connectivity index (χ1v) is 17.3. The molecule has 6 heterocycles. The highest BCUT2D eigenvalue weighted by Gasteiger charge is 2.49. The third kappa shape index (κ3) is 5.96. The van der Waals surface area contributed by atoms with Crippen molar-refractivity contribution in [1.82, 2.24) is 34.7 Å². The van der Waals surface area contributed by atoms with Crippen LogP contribution >= 0.6 is 0 Å². The smallest absolute Gasteiger partial charge is 0.319 e. The number of terminal acetylenes is 1. The van der Waals surface area contributed by atoms with E-state index in [1.807, 2.05) is 36.1 Å². The lowest BCUT2D eigenvalue weighted by molar-refractivity contribution is -0.129. The Balaban J connectivity index is 1.17. The van der Waals surface area contributed by atoms with E-state index in [0.717, 1.165) is 30.8 Å². The summed E-state index contributed by atoms with van der Waals surface area (Å²) < 4.78 is 52.8. The third-order valence-electron chi connectivity index (χ3n) is 10.4. The normalized spacial score (nSPS) is 22.2. The number of benzene rings is 2. The molecule has 2 aromatic carbocycles. The van der Waals surface area contributed by atoms with Gasteiger partial charge in [-0.05, 0) is 43.8 Å². The molecule has 3 aliphatic heterocycles. The van der Waals surface area contributed by atoms with Crippen LogP contribution in [0.15, 0.2) is 66.9 Å². The first-order valence-electron chi connectivity index (χ1n) is 17.3. The number of rotatable bonds is 7. The van der Waals surface area contributed by atoms with Crippen molar-refractivity contribution in [2.45, 2.75) is 43.9 Å². The van der Waals surface area contributed by atoms with Gasteiger partial charge >= 0.3 is 6.01 Å². The lowest BCUT2D eigenvalue weighted by Gasteiger charge is -2.40. The van der Waals surface area contributed by atoms with Crippen LogP contribution in [0.25, 0.3) is 39.0 Å². The van der Waals surface area contributed by atoms with E-state index in [4.69, 9.17) is 16.1 Å². The maximum Gasteiger partial charge on any atom is 0.319 e. The van der Waals surface area contributed by atoms with Gasteiger partial charge in [0, 0.05) is 79.8 Å². The van der Waals surface area contributed by atoms with Crippen molar-refractivity contribution < 1.29 is 22.7 Å². The molecule has 13 heteroatoms. The maximum atomic E-state index is 16.9. The van der Waals surface area contributed by atoms with Crippen LogP contribution in [0, 0.1) is 18.2 Å². The highest BCUT2D eigenvalue weighted by Crippen LogP contribution is 2.41. The molecule has 5 aromatic rings. The Bertz CT molecular complexity index is 2260. The van der Waals surface area contributed by atoms with Crippen molar-refractivity contribution in [3.8, 4) is 29.6 Å². The summed E-state index contributed by atoms with van der Waals surface area (Å²) in [5.41, 5.74) is 0.717. The lowest BCUT2D eigenvalue weighted by Crippen LogP contribution is -2.54. The maximum absolute atomic E-state index is 16.9. The predicted octanol–water partition coefficient (Wildman–Crippen LogP) is 5.76. The molecule has 52 heavy (non-hydrogen) atoms. The van der Waals surface area contributed by atoms with Gasteiger partial charge in [0.15, 0.2) is 17.5 Å². The number of amides is 1. The Hall–Kier alpha value is -5.61. The molecule has 0 radical (unpaired) electrons. The van der Waals surface area contributed by atoms with Gasteiger partial charge in [-0.15, -0.1) is 6.42 Å². The van der Waals surface area contributed by atoms with Crippen molar-refractivity contribution in [2.24, 2.45) is 0 Å². The summed E-state index contributed by atoms with van der Waals surface area (Å²) in [5.74, 6) is 0.731. The molecule has 3 atom stereocenters. The highest BCUT2D eigenvalue weighted by atomic mass is 19.1. The van der Waals surface area contributed by atoms with Crippen LogP contribution in [0.1, 0.15) is 37.6 Å². The second-order valence-electron chi connectivity index (χ2n) is 13.6. The minimum Gasteiger partial charge on any atom is -0.461 e. The number of pyridine rings is 1. The van der Waals surface area contributed by atoms with E-state index in [9.17, 15) is 9.18 Å². The molecule has 8 rings (SSSR count). The molecule has 0 aliphatic carbocycles. The molecule has 3 saturated heterocycles. The van der Waals surface area contributed by atoms with E-state index >= 15 is 8.78 Å². The average Bonchev–Trinajstić information content (AvgIpc) is 3.69. The molecule has 0 bridgehead atoms. The van der Waals surface area contributed by atoms with E-state index in [1.165, 1.54) is 17.3 Å². The summed E-state index contributed by atoms with van der Waals surface area (Å²) in [6, 6.07) is 12.3. The van der Waals surface area contributed by atoms with Gasteiger partial charge in [-0.2, -0.15) is 9.97 Å². The fourth-order valence-electron chi connectivity index (χ4n) is 7.97. The molecule has 3 aliphatic rings. The second kappa shape index (κ2) is 13.5. The van der Waals surface area contributed by atoms with Crippen molar-refractivity contribution in [3.05, 3.63) is 84.1 Å². The van der Waals surface area contributed by atoms with Crippen LogP contribution in [-0.4, -0.2) is 97.7 Å². The molecular weight excluding hydrogens is 669 g/mol. The number of hydrogen-bond donors (Lipinski definition) is 0. The van der Waals surface area contributed by atoms with E-state index in [0.29, 0.717) is 40.7 Å². The van der Waals surface area contributed by atoms with E-state index < -0.39 is 29.3 Å². The highest BCUT2D eigenvalue weighted by molar-refractivity contribution is 6.02. The van der Waals surface area contributed by atoms with Gasteiger partial charge in [-0.3, -0.25) is 14.7 Å². The van der Waals surface area contributed by atoms with Crippen LogP contribution in [0.3, 0.4) is 0 Å². The number of anilines is 1. The van der Waals surface area contributed by atoms with E-state index in [-0.39, 0.29) is 55.3 Å². The molecule has 1 amide bonds. The average molecular weight is 705 g/mol. The van der Waals surface area contributed by atoms with Crippen LogP contribution in [0.2, 0.25) is 0 Å². The van der Waals surface area contributed by atoms with Crippen molar-refractivity contribution in [1.29, 1.82) is 0 Å². The van der Waals surface area contributed by atoms with Crippen molar-refractivity contribution in [2.75, 3.05) is 44.2 Å². The SMILES string of the molecule is C#Cc1cccc2cccc(-c3ncc4c(N5CCN(C(=O)/C(F)=C/c6ncccn6)C[C@H]5C)nc(OC[C@@]56CCCN5C[C@H](F)C6)nc4c3F)c12. The number of aromatic nitrogens is 5. The van der Waals surface area contributed by atoms with Gasteiger partial charge in [0.25, 0.3) is 5.91 Å². The van der Waals surface area contributed by atoms with Gasteiger partial charge in [-0.1, -0.05) is 36.3 Å². The summed E-state index contributed by atoms with van der Waals surface area (Å²) in [5, 5.41) is 1.88. The zero-order chi connectivity index (χ0) is 36.0. The number of fused-ring (bicyclic) bond motifs is 3. The third-order valence-corrected chi connectivity index (χ3v) is 10.4. The molecule has 10 nitrogen and oxygen atoms in total. The number of carbonyl (C=O) groups excluding carboxylic acids is 1. The molecule has 3 aromatic heterocycles. The van der Waals surface area contributed by atoms with Crippen molar-refractivity contribution >= 4 is 39.5 Å². The summed E-state index contributed by atoms with van der Waals surface area (Å²) in [4.78, 5) is 40.5. The van der Waals surface area contributed by atoms with E-state index in [1.54, 1.807) is 24.4 Å². The van der Waals surface area contributed by atoms with E-state index in [2.05, 4.69) is 30.8 Å². The Kier molecular flexibility index (Phi) is 8.71. The number of nitrogens with zero attached hydrogens (tertiary/aromatic N) is 8. The molecule has 0 spiro atoms. The van der Waals surface area contributed by atoms with Gasteiger partial charge in [-0.25, -0.2) is 23.1 Å². The van der Waals surface area contributed by atoms with Crippen LogP contribution < -0.4 is 9.64 Å². The first kappa shape index (κ1) is 33.5. The number of halogens is 3. The van der Waals surface area contributed by atoms with Gasteiger partial charge < -0.3 is 14.5 Å². The molecule has 0 saturated carbocycles. The first-order chi connectivity index (χ1) is 25.2. The summed E-state index contributed by atoms with van der Waals surface area (Å²) in [6.07, 6.45) is 12.4. The largest absolute Gasteiger partial charge is 0.461 e. The Morgan fingerprint density at radius 2 is 1.88 bits per heavy atom. The minimum atomic E-state index is -0.974. The van der Waals surface area contributed by atoms with Gasteiger partial charge in [0.05, 0.1) is 10.9 Å². The zero-order valence-electron chi connectivity index (χ0n) is 28.5. The number of carbonyl (C=O) groups is 1. The van der Waals surface area contributed by atoms with Crippen LogP contribution in [-0.2, 0) is 4.79 Å². The summed E-state index contributed by atoms with van der Waals surface area (Å²) in [7, 11) is 0. The fourth-order valence-corrected chi connectivity index (χ4v) is 7.97. The standard InChI is InChI=1S/C39H35F3N8O2/c1-3-25-8-4-9-26-10-5-11-28(32(25)26)34-33(42)35-29(20-45-34)36(47-38(46-35)52-23-39-12-6-15-49(39)22-27(40)19-39)50-17-16-48(21-24(50)2)37(51)30(41)18-31-43-13-7-14-44-31/h1,4-5,7-11,13-14,18,20,24,27H,6,12,15-17,19,21-23H2,2H3/b30-18-/t24-,27-,39+/m1/s1. The number of ether oxygens (including phenoxy) is 1. The van der Waals surface area contributed by atoms with Gasteiger partial charge in [0.1, 0.15) is 29.8 Å². The molecule has 264 valence electrons. The topological polar surface area (TPSA) is 100 Å². The number of piperazine rings is 1. The number of hydrogen-bond acceptors (Lipinski definition) is 9. The predicted molar refractivity (Wildman–Crippen MR) is 191 cm³/mol. The monoisotopic (exact) mass is 704 g/mol. The minimum absolute atomic E-state index is 0.00157. The second-order valence-corrected chi connectivity index (χ2v) is 13.6. The van der Waals surface area contributed by atoms with Crippen molar-refractivity contribution in [3.63, 3.8) is 0 Å². The van der Waals surface area contributed by atoms with Gasteiger partial charge in [0.2, 0.25) is 0 Å². The zero-order valence-corrected chi connectivity index (χ0v) is 28.5. The quantitative estimate of drug-likeness (QED) is 0.155. The molecule has 0 unspecified atom stereocenters. The van der Waals surface area contributed by atoms with Crippen LogP contribution in [0.4, 0.5) is 19.0 Å². The molecule has 0 N–H and O–H groups in total. The fraction of sp³-hybridized carbons (Fsp3) is 0.333. The Labute approximate surface area is 298 Å². The lowest BCUT2D eigenvalue weighted by atomic mass is 9.95. The molecule has 3 fully saturated rings. The summed E-state index contributed by atoms with van der Waals surface area (Å²) in [6.45, 7) is 3.75. The molecular formula is C39H35F3N8O2. The Morgan fingerprint density at radius 3 is 2.67 bits per heavy atom. The summed E-state index contributed by atoms with van der Waals surface area (Å²) >= 11 is 0. The number of alkyl halides is 1. The Morgan fingerprint density at radius 1 is 1.08 bits per heavy atom. The van der Waals surface area contributed by atoms with Crippen LogP contribution in [0.5, 0.6) is 6.01 Å².